The molecule has 1 unspecified atom stereocenters. The summed E-state index contributed by atoms with van der Waals surface area (Å²) in [6, 6.07) is 8.61. The van der Waals surface area contributed by atoms with E-state index in [1.165, 1.54) is 18.2 Å². The molecule has 5 nitrogen and oxygen atoms in total. The lowest BCUT2D eigenvalue weighted by molar-refractivity contribution is -0.145. The maximum absolute atomic E-state index is 12.7. The summed E-state index contributed by atoms with van der Waals surface area (Å²) in [5.74, 6) is -1.08. The first-order valence-electron chi connectivity index (χ1n) is 8.64. The molecule has 0 aliphatic rings. The van der Waals surface area contributed by atoms with Gasteiger partial charge in [0.1, 0.15) is 23.3 Å². The molecule has 2 rings (SSSR count). The molecule has 9 heteroatoms. The molecule has 0 saturated heterocycles. The molecule has 0 aromatic heterocycles. The van der Waals surface area contributed by atoms with Crippen molar-refractivity contribution in [3.8, 4) is 23.3 Å². The van der Waals surface area contributed by atoms with Gasteiger partial charge in [0.25, 0.3) is 0 Å². The number of ether oxygens (including phenoxy) is 2. The normalized spacial score (nSPS) is 12.1. The van der Waals surface area contributed by atoms with Gasteiger partial charge in [0, 0.05) is 6.07 Å². The number of hydrogen-bond donors (Lipinski definition) is 1. The zero-order valence-electron chi connectivity index (χ0n) is 15.3. The third kappa shape index (κ3) is 6.03. The molecule has 0 spiro atoms. The number of carbonyl (C=O) groups is 1. The predicted molar refractivity (Wildman–Crippen MR) is 99.3 cm³/mol. The van der Waals surface area contributed by atoms with Crippen molar-refractivity contribution >= 4 is 17.6 Å². The van der Waals surface area contributed by atoms with E-state index in [0.29, 0.717) is 6.42 Å². The van der Waals surface area contributed by atoms with Crippen LogP contribution in [0, 0.1) is 11.3 Å². The van der Waals surface area contributed by atoms with Crippen LogP contribution in [0.1, 0.15) is 37.3 Å². The van der Waals surface area contributed by atoms with Gasteiger partial charge in [-0.25, -0.2) is 4.79 Å². The standard InChI is InChI=1S/C20H17ClF3NO4/c1-2-3-4-17(19(26)27)29-18-10-14(7-5-12(18)11-25)28-16-8-6-13(9-15(16)21)20(22,23)24/h5-10,17H,2-4H2,1H3,(H,26,27). The van der Waals surface area contributed by atoms with Crippen molar-refractivity contribution in [3.05, 3.63) is 52.5 Å². The Kier molecular flexibility index (Phi) is 7.35. The van der Waals surface area contributed by atoms with Crippen LogP contribution in [-0.4, -0.2) is 17.2 Å². The molecule has 0 bridgehead atoms. The maximum atomic E-state index is 12.7. The zero-order valence-corrected chi connectivity index (χ0v) is 16.0. The number of nitrogens with zero attached hydrogens (tertiary/aromatic N) is 1. The highest BCUT2D eigenvalue weighted by molar-refractivity contribution is 6.32. The Morgan fingerprint density at radius 3 is 2.52 bits per heavy atom. The van der Waals surface area contributed by atoms with E-state index >= 15 is 0 Å². The maximum Gasteiger partial charge on any atom is 0.416 e. The molecular formula is C20H17ClF3NO4. The van der Waals surface area contributed by atoms with Crippen LogP contribution in [0.4, 0.5) is 13.2 Å². The van der Waals surface area contributed by atoms with E-state index in [4.69, 9.17) is 21.1 Å². The fourth-order valence-electron chi connectivity index (χ4n) is 2.42. The average Bonchev–Trinajstić information content (AvgIpc) is 2.65. The second kappa shape index (κ2) is 9.52. The number of alkyl halides is 3. The molecule has 0 saturated carbocycles. The topological polar surface area (TPSA) is 79.5 Å². The molecule has 1 N–H and O–H groups in total. The molecule has 2 aromatic carbocycles. The van der Waals surface area contributed by atoms with Gasteiger partial charge in [-0.3, -0.25) is 0 Å². The van der Waals surface area contributed by atoms with Gasteiger partial charge in [0.05, 0.1) is 16.1 Å². The summed E-state index contributed by atoms with van der Waals surface area (Å²) in [5, 5.41) is 18.3. The van der Waals surface area contributed by atoms with Gasteiger partial charge in [-0.05, 0) is 43.2 Å². The third-order valence-corrected chi connectivity index (χ3v) is 4.22. The molecule has 29 heavy (non-hydrogen) atoms. The minimum Gasteiger partial charge on any atom is -0.479 e. The molecular weight excluding hydrogens is 411 g/mol. The van der Waals surface area contributed by atoms with Crippen molar-refractivity contribution in [2.45, 2.75) is 38.5 Å². The van der Waals surface area contributed by atoms with Gasteiger partial charge in [0.15, 0.2) is 6.10 Å². The third-order valence-electron chi connectivity index (χ3n) is 3.93. The lowest BCUT2D eigenvalue weighted by Crippen LogP contribution is -2.27. The number of aliphatic carboxylic acids is 1. The van der Waals surface area contributed by atoms with E-state index < -0.39 is 23.8 Å². The second-order valence-electron chi connectivity index (χ2n) is 6.10. The van der Waals surface area contributed by atoms with Crippen LogP contribution >= 0.6 is 11.6 Å². The number of hydrogen-bond acceptors (Lipinski definition) is 4. The minimum atomic E-state index is -4.54. The molecule has 154 valence electrons. The molecule has 0 radical (unpaired) electrons. The van der Waals surface area contributed by atoms with Crippen LogP contribution in [0.2, 0.25) is 5.02 Å². The van der Waals surface area contributed by atoms with Crippen LogP contribution in [0.25, 0.3) is 0 Å². The van der Waals surface area contributed by atoms with E-state index in [1.54, 1.807) is 0 Å². The molecule has 0 amide bonds. The quantitative estimate of drug-likeness (QED) is 0.555. The summed E-state index contributed by atoms with van der Waals surface area (Å²) >= 11 is 5.88. The Bertz CT molecular complexity index is 925. The second-order valence-corrected chi connectivity index (χ2v) is 6.51. The van der Waals surface area contributed by atoms with Crippen molar-refractivity contribution in [2.24, 2.45) is 0 Å². The van der Waals surface area contributed by atoms with Crippen LogP contribution in [-0.2, 0) is 11.0 Å². The lowest BCUT2D eigenvalue weighted by atomic mass is 10.1. The highest BCUT2D eigenvalue weighted by atomic mass is 35.5. The minimum absolute atomic E-state index is 0.00321. The van der Waals surface area contributed by atoms with Gasteiger partial charge in [-0.1, -0.05) is 24.9 Å². The van der Waals surface area contributed by atoms with Crippen LogP contribution in [0.3, 0.4) is 0 Å². The van der Waals surface area contributed by atoms with Gasteiger partial charge in [-0.2, -0.15) is 18.4 Å². The van der Waals surface area contributed by atoms with Crippen LogP contribution in [0.5, 0.6) is 17.2 Å². The first-order valence-corrected chi connectivity index (χ1v) is 9.01. The Labute approximate surface area is 170 Å². The van der Waals surface area contributed by atoms with Crippen molar-refractivity contribution in [1.82, 2.24) is 0 Å². The molecule has 1 atom stereocenters. The molecule has 0 fully saturated rings. The number of carboxylic acids is 1. The van der Waals surface area contributed by atoms with Crippen LogP contribution < -0.4 is 9.47 Å². The number of unbranched alkanes of at least 4 members (excludes halogenated alkanes) is 1. The Hall–Kier alpha value is -2.92. The molecule has 0 heterocycles. The first-order chi connectivity index (χ1) is 13.7. The highest BCUT2D eigenvalue weighted by Gasteiger charge is 2.31. The van der Waals surface area contributed by atoms with Crippen molar-refractivity contribution in [1.29, 1.82) is 5.26 Å². The summed E-state index contributed by atoms with van der Waals surface area (Å²) in [7, 11) is 0. The monoisotopic (exact) mass is 427 g/mol. The predicted octanol–water partition coefficient (Wildman–Crippen LogP) is 6.04. The van der Waals surface area contributed by atoms with Gasteiger partial charge < -0.3 is 14.6 Å². The van der Waals surface area contributed by atoms with Crippen molar-refractivity contribution in [3.63, 3.8) is 0 Å². The van der Waals surface area contributed by atoms with E-state index in [2.05, 4.69) is 0 Å². The van der Waals surface area contributed by atoms with Gasteiger partial charge >= 0.3 is 12.1 Å². The largest absolute Gasteiger partial charge is 0.479 e. The highest BCUT2D eigenvalue weighted by Crippen LogP contribution is 2.37. The lowest BCUT2D eigenvalue weighted by Gasteiger charge is -2.17. The summed E-state index contributed by atoms with van der Waals surface area (Å²) in [6.07, 6.45) is -4.04. The van der Waals surface area contributed by atoms with Crippen LogP contribution in [0.15, 0.2) is 36.4 Å². The van der Waals surface area contributed by atoms with Crippen molar-refractivity contribution in [2.75, 3.05) is 0 Å². The van der Waals surface area contributed by atoms with E-state index in [-0.39, 0.29) is 34.3 Å². The number of benzene rings is 2. The summed E-state index contributed by atoms with van der Waals surface area (Å²) in [6.45, 7) is 1.90. The Morgan fingerprint density at radius 2 is 1.97 bits per heavy atom. The number of rotatable bonds is 8. The van der Waals surface area contributed by atoms with E-state index in [0.717, 1.165) is 24.6 Å². The number of nitriles is 1. The average molecular weight is 428 g/mol. The fraction of sp³-hybridized carbons (Fsp3) is 0.300. The summed E-state index contributed by atoms with van der Waals surface area (Å²) < 4.78 is 49.2. The smallest absolute Gasteiger partial charge is 0.416 e. The van der Waals surface area contributed by atoms with Crippen molar-refractivity contribution < 1.29 is 32.5 Å². The Balaban J connectivity index is 2.28. The summed E-state index contributed by atoms with van der Waals surface area (Å²) in [5.41, 5.74) is -0.822. The number of carboxylic acid groups (broad SMARTS) is 1. The molecule has 0 aliphatic heterocycles. The zero-order chi connectivity index (χ0) is 21.6. The summed E-state index contributed by atoms with van der Waals surface area (Å²) in [4.78, 5) is 11.4. The SMILES string of the molecule is CCCCC(Oc1cc(Oc2ccc(C(F)(F)F)cc2Cl)ccc1C#N)C(=O)O. The van der Waals surface area contributed by atoms with E-state index in [9.17, 15) is 28.3 Å². The first kappa shape index (κ1) is 22.4. The van der Waals surface area contributed by atoms with E-state index in [1.807, 2.05) is 13.0 Å². The fourth-order valence-corrected chi connectivity index (χ4v) is 2.64. The van der Waals surface area contributed by atoms with Gasteiger partial charge in [-0.15, -0.1) is 0 Å². The molecule has 0 aliphatic carbocycles. The van der Waals surface area contributed by atoms with Gasteiger partial charge in [0.2, 0.25) is 0 Å². The Morgan fingerprint density at radius 1 is 1.24 bits per heavy atom. The molecule has 2 aromatic rings. The number of halogens is 4.